The number of nitrogens with one attached hydrogen (secondary N) is 1. The van der Waals surface area contributed by atoms with Crippen LogP contribution in [-0.4, -0.2) is 18.6 Å². The molecule has 15 heavy (non-hydrogen) atoms. The van der Waals surface area contributed by atoms with Crippen molar-refractivity contribution in [2.24, 2.45) is 0 Å². The van der Waals surface area contributed by atoms with Gasteiger partial charge in [-0.2, -0.15) is 0 Å². The maximum atomic E-state index is 11.3. The first-order valence-electron chi connectivity index (χ1n) is 4.81. The van der Waals surface area contributed by atoms with Gasteiger partial charge in [-0.05, 0) is 38.1 Å². The average molecular weight is 206 g/mol. The number of amides is 1. The van der Waals surface area contributed by atoms with Gasteiger partial charge in [0.25, 0.3) is 5.91 Å². The number of rotatable bonds is 2. The normalized spacial score (nSPS) is 18.1. The highest BCUT2D eigenvalue weighted by Crippen LogP contribution is 2.29. The van der Waals surface area contributed by atoms with E-state index in [0.717, 1.165) is 11.4 Å². The molecule has 0 spiro atoms. The number of carbonyl (C=O) groups is 1. The van der Waals surface area contributed by atoms with Crippen molar-refractivity contribution in [2.75, 3.05) is 12.1 Å². The Balaban J connectivity index is 2.21. The molecular weight excluding hydrogens is 192 g/mol. The molecule has 1 saturated heterocycles. The Hall–Kier alpha value is -1.71. The number of hydrazine groups is 1. The van der Waals surface area contributed by atoms with Crippen LogP contribution >= 0.6 is 0 Å². The lowest BCUT2D eigenvalue weighted by Crippen LogP contribution is -2.73. The van der Waals surface area contributed by atoms with Crippen LogP contribution in [0.5, 0.6) is 5.75 Å². The summed E-state index contributed by atoms with van der Waals surface area (Å²) in [5.74, 6) is 0.849. The van der Waals surface area contributed by atoms with Crippen molar-refractivity contribution in [3.63, 3.8) is 0 Å². The van der Waals surface area contributed by atoms with E-state index in [0.29, 0.717) is 0 Å². The number of methoxy groups -OCH3 is 1. The van der Waals surface area contributed by atoms with E-state index < -0.39 is 5.54 Å². The fourth-order valence-corrected chi connectivity index (χ4v) is 1.55. The molecule has 0 saturated carbocycles. The van der Waals surface area contributed by atoms with Crippen molar-refractivity contribution in [3.8, 4) is 5.75 Å². The number of carbonyl (C=O) groups excluding carboxylic acids is 1. The highest BCUT2D eigenvalue weighted by molar-refractivity contribution is 5.97. The second-order valence-electron chi connectivity index (χ2n) is 4.03. The molecule has 0 radical (unpaired) electrons. The molecule has 1 aliphatic rings. The SMILES string of the molecule is COc1ccc(N2NC(=O)C2(C)C)cc1. The van der Waals surface area contributed by atoms with Crippen LogP contribution in [0, 0.1) is 0 Å². The van der Waals surface area contributed by atoms with Gasteiger partial charge in [0.05, 0.1) is 12.8 Å². The summed E-state index contributed by atoms with van der Waals surface area (Å²) < 4.78 is 5.07. The number of ether oxygens (including phenoxy) is 1. The highest BCUT2D eigenvalue weighted by atomic mass is 16.5. The molecule has 2 rings (SSSR count). The number of hydrogen-bond acceptors (Lipinski definition) is 3. The summed E-state index contributed by atoms with van der Waals surface area (Å²) in [6, 6.07) is 7.58. The van der Waals surface area contributed by atoms with Crippen LogP contribution in [0.4, 0.5) is 5.69 Å². The van der Waals surface area contributed by atoms with E-state index in [4.69, 9.17) is 4.74 Å². The molecule has 0 bridgehead atoms. The van der Waals surface area contributed by atoms with Gasteiger partial charge in [0.1, 0.15) is 11.3 Å². The van der Waals surface area contributed by atoms with Gasteiger partial charge in [-0.15, -0.1) is 0 Å². The first-order valence-corrected chi connectivity index (χ1v) is 4.81. The molecule has 1 fully saturated rings. The zero-order valence-corrected chi connectivity index (χ0v) is 9.07. The summed E-state index contributed by atoms with van der Waals surface area (Å²) >= 11 is 0. The molecule has 1 aliphatic heterocycles. The maximum Gasteiger partial charge on any atom is 0.265 e. The van der Waals surface area contributed by atoms with Crippen LogP contribution in [0.15, 0.2) is 24.3 Å². The van der Waals surface area contributed by atoms with Crippen LogP contribution in [-0.2, 0) is 4.79 Å². The molecule has 4 nitrogen and oxygen atoms in total. The Morgan fingerprint density at radius 1 is 1.27 bits per heavy atom. The molecule has 1 amide bonds. The number of anilines is 1. The van der Waals surface area contributed by atoms with Gasteiger partial charge < -0.3 is 4.74 Å². The molecule has 80 valence electrons. The Morgan fingerprint density at radius 3 is 2.27 bits per heavy atom. The average Bonchev–Trinajstić information content (AvgIpc) is 2.26. The third-order valence-electron chi connectivity index (χ3n) is 2.66. The van der Waals surface area contributed by atoms with Gasteiger partial charge in [-0.1, -0.05) is 0 Å². The Morgan fingerprint density at radius 2 is 1.87 bits per heavy atom. The monoisotopic (exact) mass is 206 g/mol. The minimum atomic E-state index is -0.464. The summed E-state index contributed by atoms with van der Waals surface area (Å²) in [6.07, 6.45) is 0. The number of benzene rings is 1. The molecule has 1 aromatic carbocycles. The Kier molecular flexibility index (Phi) is 2.07. The zero-order valence-electron chi connectivity index (χ0n) is 9.07. The largest absolute Gasteiger partial charge is 0.497 e. The van der Waals surface area contributed by atoms with Crippen molar-refractivity contribution in [1.82, 2.24) is 5.43 Å². The summed E-state index contributed by atoms with van der Waals surface area (Å²) in [5.41, 5.74) is 3.24. The van der Waals surface area contributed by atoms with Crippen LogP contribution in [0.25, 0.3) is 0 Å². The van der Waals surface area contributed by atoms with Crippen LogP contribution in [0.1, 0.15) is 13.8 Å². The highest BCUT2D eigenvalue weighted by Gasteiger charge is 2.45. The van der Waals surface area contributed by atoms with E-state index in [1.807, 2.05) is 43.1 Å². The Bertz CT molecular complexity index is 384. The van der Waals surface area contributed by atoms with Gasteiger partial charge in [0, 0.05) is 0 Å². The van der Waals surface area contributed by atoms with Gasteiger partial charge in [-0.25, -0.2) is 0 Å². The summed E-state index contributed by atoms with van der Waals surface area (Å²) in [6.45, 7) is 3.77. The molecule has 0 unspecified atom stereocenters. The van der Waals surface area contributed by atoms with E-state index in [1.165, 1.54) is 0 Å². The van der Waals surface area contributed by atoms with E-state index in [2.05, 4.69) is 5.43 Å². The number of hydrogen-bond donors (Lipinski definition) is 1. The molecule has 0 aliphatic carbocycles. The molecular formula is C11H14N2O2. The van der Waals surface area contributed by atoms with Crippen LogP contribution in [0.2, 0.25) is 0 Å². The van der Waals surface area contributed by atoms with Crippen LogP contribution < -0.4 is 15.2 Å². The zero-order chi connectivity index (χ0) is 11.1. The predicted molar refractivity (Wildman–Crippen MR) is 57.7 cm³/mol. The van der Waals surface area contributed by atoms with Crippen molar-refractivity contribution in [2.45, 2.75) is 19.4 Å². The summed E-state index contributed by atoms with van der Waals surface area (Å²) in [5, 5.41) is 1.84. The standard InChI is InChI=1S/C11H14N2O2/c1-11(2)10(14)12-13(11)8-4-6-9(15-3)7-5-8/h4-7H,1-3H3,(H,12,14). The van der Waals surface area contributed by atoms with Crippen molar-refractivity contribution in [3.05, 3.63) is 24.3 Å². The molecule has 0 atom stereocenters. The van der Waals surface area contributed by atoms with Crippen LogP contribution in [0.3, 0.4) is 0 Å². The summed E-state index contributed by atoms with van der Waals surface area (Å²) in [4.78, 5) is 11.3. The third-order valence-corrected chi connectivity index (χ3v) is 2.66. The second-order valence-corrected chi connectivity index (χ2v) is 4.03. The van der Waals surface area contributed by atoms with Crippen molar-refractivity contribution < 1.29 is 9.53 Å². The van der Waals surface area contributed by atoms with E-state index in [9.17, 15) is 4.79 Å². The molecule has 1 aromatic rings. The lowest BCUT2D eigenvalue weighted by molar-refractivity contribution is -0.133. The lowest BCUT2D eigenvalue weighted by Gasteiger charge is -2.48. The van der Waals surface area contributed by atoms with Gasteiger partial charge in [0.15, 0.2) is 0 Å². The van der Waals surface area contributed by atoms with Gasteiger partial charge in [-0.3, -0.25) is 15.2 Å². The first kappa shape index (κ1) is 9.83. The molecule has 1 N–H and O–H groups in total. The topological polar surface area (TPSA) is 41.6 Å². The van der Waals surface area contributed by atoms with E-state index in [-0.39, 0.29) is 5.91 Å². The third kappa shape index (κ3) is 1.42. The van der Waals surface area contributed by atoms with Crippen molar-refractivity contribution in [1.29, 1.82) is 0 Å². The fraction of sp³-hybridized carbons (Fsp3) is 0.364. The second kappa shape index (κ2) is 3.15. The lowest BCUT2D eigenvalue weighted by atomic mass is 9.98. The first-order chi connectivity index (χ1) is 7.05. The minimum Gasteiger partial charge on any atom is -0.497 e. The number of nitrogens with zero attached hydrogens (tertiary/aromatic N) is 1. The minimum absolute atomic E-state index is 0.0401. The molecule has 0 aromatic heterocycles. The molecule has 1 heterocycles. The van der Waals surface area contributed by atoms with E-state index >= 15 is 0 Å². The fourth-order valence-electron chi connectivity index (χ4n) is 1.55. The van der Waals surface area contributed by atoms with Gasteiger partial charge >= 0.3 is 0 Å². The maximum absolute atomic E-state index is 11.3. The smallest absolute Gasteiger partial charge is 0.265 e. The van der Waals surface area contributed by atoms with Gasteiger partial charge in [0.2, 0.25) is 0 Å². The quantitative estimate of drug-likeness (QED) is 0.793. The Labute approximate surface area is 88.8 Å². The summed E-state index contributed by atoms with van der Waals surface area (Å²) in [7, 11) is 1.63. The van der Waals surface area contributed by atoms with E-state index in [1.54, 1.807) is 7.11 Å². The molecule has 4 heteroatoms. The van der Waals surface area contributed by atoms with Crippen molar-refractivity contribution >= 4 is 11.6 Å². The predicted octanol–water partition coefficient (Wildman–Crippen LogP) is 1.32.